The highest BCUT2D eigenvalue weighted by atomic mass is 16.2. The summed E-state index contributed by atoms with van der Waals surface area (Å²) in [7, 11) is 0. The van der Waals surface area contributed by atoms with Crippen LogP contribution in [0.3, 0.4) is 0 Å². The van der Waals surface area contributed by atoms with E-state index in [-0.39, 0.29) is 30.7 Å². The highest BCUT2D eigenvalue weighted by Gasteiger charge is 2.19. The van der Waals surface area contributed by atoms with Crippen molar-refractivity contribution in [2.75, 3.05) is 6.54 Å². The summed E-state index contributed by atoms with van der Waals surface area (Å²) in [5.74, 6) is -0.209. The van der Waals surface area contributed by atoms with Crippen molar-refractivity contribution in [2.24, 2.45) is 17.4 Å². The molecule has 0 aliphatic heterocycles. The van der Waals surface area contributed by atoms with Gasteiger partial charge >= 0.3 is 0 Å². The van der Waals surface area contributed by atoms with Gasteiger partial charge in [-0.2, -0.15) is 0 Å². The van der Waals surface area contributed by atoms with Gasteiger partial charge in [-0.15, -0.1) is 0 Å². The topological polar surface area (TPSA) is 89.4 Å². The minimum atomic E-state index is -0.408. The van der Waals surface area contributed by atoms with Crippen molar-refractivity contribution in [1.82, 2.24) is 4.90 Å². The van der Waals surface area contributed by atoms with E-state index < -0.39 is 5.91 Å². The fraction of sp³-hybridized carbons (Fsp3) is 0.500. The Balaban J connectivity index is 2.71. The van der Waals surface area contributed by atoms with E-state index >= 15 is 0 Å². The van der Waals surface area contributed by atoms with Crippen molar-refractivity contribution >= 4 is 11.8 Å². The number of hydrogen-bond acceptors (Lipinski definition) is 3. The SMILES string of the molecule is CC(C)C(N)CC(=O)N(CCC(N)=O)Cc1ccccc1. The standard InChI is InChI=1S/C16H25N3O2/c1-12(2)14(17)10-16(21)19(9-8-15(18)20)11-13-6-4-3-5-7-13/h3-7,12,14H,8-11,17H2,1-2H3,(H2,18,20). The summed E-state index contributed by atoms with van der Waals surface area (Å²) >= 11 is 0. The van der Waals surface area contributed by atoms with Crippen LogP contribution in [0.15, 0.2) is 30.3 Å². The molecule has 5 heteroatoms. The van der Waals surface area contributed by atoms with Gasteiger partial charge in [-0.25, -0.2) is 0 Å². The first kappa shape index (κ1) is 17.2. The third-order valence-electron chi connectivity index (χ3n) is 3.46. The van der Waals surface area contributed by atoms with Gasteiger partial charge in [0.05, 0.1) is 0 Å². The van der Waals surface area contributed by atoms with Gasteiger partial charge in [0.1, 0.15) is 0 Å². The molecule has 0 radical (unpaired) electrons. The van der Waals surface area contributed by atoms with Gasteiger partial charge in [0.25, 0.3) is 0 Å². The Morgan fingerprint density at radius 3 is 2.33 bits per heavy atom. The molecule has 116 valence electrons. The quantitative estimate of drug-likeness (QED) is 0.755. The fourth-order valence-electron chi connectivity index (χ4n) is 1.91. The van der Waals surface area contributed by atoms with Crippen molar-refractivity contribution in [3.8, 4) is 0 Å². The van der Waals surface area contributed by atoms with Crippen LogP contribution in [0.4, 0.5) is 0 Å². The smallest absolute Gasteiger partial charge is 0.224 e. The molecule has 1 aromatic carbocycles. The number of nitrogens with two attached hydrogens (primary N) is 2. The van der Waals surface area contributed by atoms with Crippen LogP contribution in [0.1, 0.15) is 32.3 Å². The molecular weight excluding hydrogens is 266 g/mol. The minimum Gasteiger partial charge on any atom is -0.370 e. The van der Waals surface area contributed by atoms with Crippen molar-refractivity contribution in [3.05, 3.63) is 35.9 Å². The molecule has 0 saturated carbocycles. The second kappa shape index (κ2) is 8.42. The predicted molar refractivity (Wildman–Crippen MR) is 83.1 cm³/mol. The average Bonchev–Trinajstić information content (AvgIpc) is 2.44. The van der Waals surface area contributed by atoms with Crippen molar-refractivity contribution < 1.29 is 9.59 Å². The van der Waals surface area contributed by atoms with E-state index in [0.717, 1.165) is 5.56 Å². The predicted octanol–water partition coefficient (Wildman–Crippen LogP) is 1.26. The average molecular weight is 291 g/mol. The maximum atomic E-state index is 12.4. The first-order valence-corrected chi connectivity index (χ1v) is 7.25. The summed E-state index contributed by atoms with van der Waals surface area (Å²) < 4.78 is 0. The monoisotopic (exact) mass is 291 g/mol. The summed E-state index contributed by atoms with van der Waals surface area (Å²) in [5.41, 5.74) is 12.2. The van der Waals surface area contributed by atoms with E-state index in [2.05, 4.69) is 0 Å². The van der Waals surface area contributed by atoms with Gasteiger partial charge in [0.2, 0.25) is 11.8 Å². The molecule has 1 aromatic rings. The van der Waals surface area contributed by atoms with Crippen LogP contribution in [-0.2, 0) is 16.1 Å². The van der Waals surface area contributed by atoms with E-state index in [0.29, 0.717) is 13.1 Å². The maximum Gasteiger partial charge on any atom is 0.224 e. The molecule has 0 fully saturated rings. The fourth-order valence-corrected chi connectivity index (χ4v) is 1.91. The molecule has 5 nitrogen and oxygen atoms in total. The molecule has 0 spiro atoms. The molecule has 1 rings (SSSR count). The molecule has 21 heavy (non-hydrogen) atoms. The zero-order chi connectivity index (χ0) is 15.8. The van der Waals surface area contributed by atoms with Crippen LogP contribution < -0.4 is 11.5 Å². The van der Waals surface area contributed by atoms with Crippen molar-refractivity contribution in [3.63, 3.8) is 0 Å². The Labute approximate surface area is 126 Å². The van der Waals surface area contributed by atoms with Gasteiger partial charge in [0.15, 0.2) is 0 Å². The van der Waals surface area contributed by atoms with Gasteiger partial charge in [-0.3, -0.25) is 9.59 Å². The van der Waals surface area contributed by atoms with E-state index in [1.165, 1.54) is 0 Å². The zero-order valence-electron chi connectivity index (χ0n) is 12.8. The molecule has 1 atom stereocenters. The van der Waals surface area contributed by atoms with Crippen LogP contribution in [0.5, 0.6) is 0 Å². The van der Waals surface area contributed by atoms with E-state index in [4.69, 9.17) is 11.5 Å². The summed E-state index contributed by atoms with van der Waals surface area (Å²) in [4.78, 5) is 25.0. The van der Waals surface area contributed by atoms with E-state index in [1.54, 1.807) is 4.90 Å². The Hall–Kier alpha value is -1.88. The molecule has 0 aliphatic carbocycles. The van der Waals surface area contributed by atoms with Crippen LogP contribution in [-0.4, -0.2) is 29.3 Å². The number of primary amides is 1. The first-order chi connectivity index (χ1) is 9.90. The van der Waals surface area contributed by atoms with Crippen LogP contribution in [0.2, 0.25) is 0 Å². The zero-order valence-corrected chi connectivity index (χ0v) is 12.8. The highest BCUT2D eigenvalue weighted by molar-refractivity contribution is 5.78. The lowest BCUT2D eigenvalue weighted by Gasteiger charge is -2.25. The number of rotatable bonds is 8. The lowest BCUT2D eigenvalue weighted by Crippen LogP contribution is -2.39. The Bertz CT molecular complexity index is 460. The molecule has 0 saturated heterocycles. The molecule has 0 aliphatic rings. The number of amides is 2. The first-order valence-electron chi connectivity index (χ1n) is 7.25. The van der Waals surface area contributed by atoms with Gasteiger partial charge in [-0.1, -0.05) is 44.2 Å². The third-order valence-corrected chi connectivity index (χ3v) is 3.46. The second-order valence-corrected chi connectivity index (χ2v) is 5.63. The highest BCUT2D eigenvalue weighted by Crippen LogP contribution is 2.10. The number of benzene rings is 1. The third kappa shape index (κ3) is 6.40. The summed E-state index contributed by atoms with van der Waals surface area (Å²) in [5, 5.41) is 0. The Kier molecular flexibility index (Phi) is 6.88. The maximum absolute atomic E-state index is 12.4. The molecule has 1 unspecified atom stereocenters. The minimum absolute atomic E-state index is 0.0405. The molecular formula is C16H25N3O2. The summed E-state index contributed by atoms with van der Waals surface area (Å²) in [6.07, 6.45) is 0.443. The number of carbonyl (C=O) groups is 2. The van der Waals surface area contributed by atoms with Gasteiger partial charge in [-0.05, 0) is 11.5 Å². The lowest BCUT2D eigenvalue weighted by molar-refractivity contribution is -0.132. The summed E-state index contributed by atoms with van der Waals surface area (Å²) in [6, 6.07) is 9.50. The molecule has 0 heterocycles. The Morgan fingerprint density at radius 1 is 1.19 bits per heavy atom. The second-order valence-electron chi connectivity index (χ2n) is 5.63. The number of carbonyl (C=O) groups excluding carboxylic acids is 2. The van der Waals surface area contributed by atoms with E-state index in [1.807, 2.05) is 44.2 Å². The van der Waals surface area contributed by atoms with Crippen molar-refractivity contribution in [1.29, 1.82) is 0 Å². The van der Waals surface area contributed by atoms with Gasteiger partial charge < -0.3 is 16.4 Å². The van der Waals surface area contributed by atoms with E-state index in [9.17, 15) is 9.59 Å². The summed E-state index contributed by atoms with van der Waals surface area (Å²) in [6.45, 7) is 4.78. The Morgan fingerprint density at radius 2 is 1.81 bits per heavy atom. The molecule has 0 bridgehead atoms. The molecule has 2 amide bonds. The molecule has 0 aromatic heterocycles. The normalized spacial score (nSPS) is 12.2. The van der Waals surface area contributed by atoms with Crippen LogP contribution in [0.25, 0.3) is 0 Å². The van der Waals surface area contributed by atoms with Crippen LogP contribution in [0, 0.1) is 5.92 Å². The van der Waals surface area contributed by atoms with Crippen molar-refractivity contribution in [2.45, 2.75) is 39.3 Å². The largest absolute Gasteiger partial charge is 0.370 e. The number of hydrogen-bond donors (Lipinski definition) is 2. The number of nitrogens with zero attached hydrogens (tertiary/aromatic N) is 1. The van der Waals surface area contributed by atoms with Gasteiger partial charge in [0, 0.05) is 32.0 Å². The lowest BCUT2D eigenvalue weighted by atomic mass is 10.0. The van der Waals surface area contributed by atoms with Crippen LogP contribution >= 0.6 is 0 Å². The molecule has 4 N–H and O–H groups in total.